The molecule has 0 spiro atoms. The molecule has 0 aliphatic heterocycles. The number of hydrogen-bond acceptors (Lipinski definition) is 5. The molecule has 1 aliphatic rings. The van der Waals surface area contributed by atoms with Gasteiger partial charge < -0.3 is 16.4 Å². The van der Waals surface area contributed by atoms with E-state index in [0.717, 1.165) is 24.0 Å². The highest BCUT2D eigenvalue weighted by atomic mass is 19.1. The van der Waals surface area contributed by atoms with Gasteiger partial charge in [-0.2, -0.15) is 14.5 Å². The predicted octanol–water partition coefficient (Wildman–Crippen LogP) is 2.62. The molecule has 2 aromatic heterocycles. The Morgan fingerprint density at radius 2 is 1.89 bits per heavy atom. The topological polar surface area (TPSA) is 132 Å². The van der Waals surface area contributed by atoms with Crippen molar-refractivity contribution in [2.75, 3.05) is 19.8 Å². The molecule has 9 nitrogen and oxygen atoms in total. The molecular weight excluding hydrogens is 449 g/mol. The number of nitrogens with two attached hydrogens (primary N) is 2. The maximum Gasteiger partial charge on any atom is 0.281 e. The summed E-state index contributed by atoms with van der Waals surface area (Å²) in [6, 6.07) is 10.5. The van der Waals surface area contributed by atoms with Gasteiger partial charge in [0.1, 0.15) is 18.2 Å². The molecule has 0 saturated heterocycles. The number of nitrogens with zero attached hydrogens (tertiary/aromatic N) is 5. The molecular formula is C25H28FN7O2. The van der Waals surface area contributed by atoms with Gasteiger partial charge in [-0.1, -0.05) is 24.3 Å². The van der Waals surface area contributed by atoms with Crippen molar-refractivity contribution in [3.05, 3.63) is 65.9 Å². The Morgan fingerprint density at radius 1 is 1.20 bits per heavy atom. The number of nitrogen functional groups attached to an aromatic ring is 1. The maximum absolute atomic E-state index is 13.3. The Labute approximate surface area is 202 Å². The molecule has 182 valence electrons. The minimum Gasteiger partial charge on any atom is -0.386 e. The van der Waals surface area contributed by atoms with E-state index in [2.05, 4.69) is 15.1 Å². The van der Waals surface area contributed by atoms with Gasteiger partial charge in [0, 0.05) is 25.9 Å². The molecule has 1 saturated carbocycles. The van der Waals surface area contributed by atoms with Gasteiger partial charge in [0.05, 0.1) is 17.2 Å². The van der Waals surface area contributed by atoms with Gasteiger partial charge in [-0.05, 0) is 48.9 Å². The van der Waals surface area contributed by atoms with Crippen molar-refractivity contribution < 1.29 is 14.0 Å². The van der Waals surface area contributed by atoms with Crippen molar-refractivity contribution >= 4 is 23.5 Å². The number of rotatable bonds is 7. The summed E-state index contributed by atoms with van der Waals surface area (Å²) in [4.78, 5) is 34.1. The minimum absolute atomic E-state index is 0.0275. The van der Waals surface area contributed by atoms with Gasteiger partial charge in [0.15, 0.2) is 0 Å². The average molecular weight is 478 g/mol. The first-order valence-electron chi connectivity index (χ1n) is 11.2. The summed E-state index contributed by atoms with van der Waals surface area (Å²) in [5.74, 6) is -0.701. The van der Waals surface area contributed by atoms with Crippen LogP contribution in [0.5, 0.6) is 0 Å². The molecule has 2 amide bonds. The zero-order valence-electron chi connectivity index (χ0n) is 19.9. The fourth-order valence-electron chi connectivity index (χ4n) is 4.07. The number of halogens is 1. The van der Waals surface area contributed by atoms with Crippen LogP contribution in [-0.4, -0.2) is 51.4 Å². The van der Waals surface area contributed by atoms with Crippen LogP contribution in [0.2, 0.25) is 0 Å². The van der Waals surface area contributed by atoms with E-state index in [1.807, 2.05) is 31.2 Å². The van der Waals surface area contributed by atoms with Gasteiger partial charge in [-0.25, -0.2) is 4.98 Å². The van der Waals surface area contributed by atoms with Gasteiger partial charge in [-0.3, -0.25) is 14.3 Å². The van der Waals surface area contributed by atoms with Gasteiger partial charge in [-0.15, -0.1) is 0 Å². The Kier molecular flexibility index (Phi) is 6.38. The number of carbonyl (C=O) groups is 2. The Bertz CT molecular complexity index is 1300. The molecule has 35 heavy (non-hydrogen) atoms. The largest absolute Gasteiger partial charge is 0.386 e. The molecule has 2 heterocycles. The highest BCUT2D eigenvalue weighted by Crippen LogP contribution is 2.48. The average Bonchev–Trinajstić information content (AvgIpc) is 3.57. The first kappa shape index (κ1) is 24.1. The first-order chi connectivity index (χ1) is 16.6. The van der Waals surface area contributed by atoms with E-state index in [1.54, 1.807) is 20.2 Å². The highest BCUT2D eigenvalue weighted by Gasteiger charge is 2.46. The molecule has 1 unspecified atom stereocenters. The number of aromatic nitrogens is 3. The minimum atomic E-state index is -0.641. The smallest absolute Gasteiger partial charge is 0.281 e. The van der Waals surface area contributed by atoms with Crippen molar-refractivity contribution in [3.63, 3.8) is 0 Å². The number of hydrogen-bond donors (Lipinski definition) is 2. The Balaban J connectivity index is 1.58. The number of amides is 2. The van der Waals surface area contributed by atoms with Gasteiger partial charge in [0.25, 0.3) is 5.91 Å². The van der Waals surface area contributed by atoms with E-state index < -0.39 is 17.3 Å². The fourth-order valence-corrected chi connectivity index (χ4v) is 4.07. The molecule has 0 bridgehead atoms. The highest BCUT2D eigenvalue weighted by molar-refractivity contribution is 6.06. The van der Waals surface area contributed by atoms with Gasteiger partial charge >= 0.3 is 0 Å². The van der Waals surface area contributed by atoms with Crippen LogP contribution in [0.25, 0.3) is 11.1 Å². The summed E-state index contributed by atoms with van der Waals surface area (Å²) in [6.07, 6.45) is 4.82. The van der Waals surface area contributed by atoms with Crippen molar-refractivity contribution in [1.82, 2.24) is 19.7 Å². The maximum atomic E-state index is 13.3. The second kappa shape index (κ2) is 9.28. The normalized spacial score (nSPS) is 15.5. The van der Waals surface area contributed by atoms with Crippen LogP contribution in [0.1, 0.15) is 35.7 Å². The molecule has 1 aliphatic carbocycles. The number of aliphatic imine (C=N–C) groups is 1. The standard InChI is InChI=1S/C25H28FN7O2/c1-25(18-8-9-18,17-6-4-15(5-7-17)19-10-11-20(26)30-22(19)27)24(28)31-23(35)16-12-29-33(13-16)14-21(34)32(2)3/h4-7,10-13,18H,8-9,14H2,1-3H3,(H2,27,30)(H2,28,31,35). The number of carbonyl (C=O) groups excluding carboxylic acids is 2. The van der Waals surface area contributed by atoms with Crippen LogP contribution < -0.4 is 11.5 Å². The molecule has 10 heteroatoms. The summed E-state index contributed by atoms with van der Waals surface area (Å²) >= 11 is 0. The lowest BCUT2D eigenvalue weighted by atomic mass is 9.76. The summed E-state index contributed by atoms with van der Waals surface area (Å²) in [7, 11) is 3.30. The Morgan fingerprint density at radius 3 is 2.49 bits per heavy atom. The fraction of sp³-hybridized carbons (Fsp3) is 0.320. The quantitative estimate of drug-likeness (QED) is 0.305. The molecule has 1 atom stereocenters. The summed E-state index contributed by atoms with van der Waals surface area (Å²) < 4.78 is 14.7. The van der Waals surface area contributed by atoms with Crippen molar-refractivity contribution in [2.45, 2.75) is 31.7 Å². The summed E-state index contributed by atoms with van der Waals surface area (Å²) in [5, 5.41) is 4.09. The third-order valence-corrected chi connectivity index (χ3v) is 6.51. The predicted molar refractivity (Wildman–Crippen MR) is 131 cm³/mol. The van der Waals surface area contributed by atoms with E-state index >= 15 is 0 Å². The van der Waals surface area contributed by atoms with Crippen LogP contribution in [0, 0.1) is 11.9 Å². The van der Waals surface area contributed by atoms with E-state index in [9.17, 15) is 14.0 Å². The van der Waals surface area contributed by atoms with Crippen molar-refractivity contribution in [2.24, 2.45) is 16.6 Å². The van der Waals surface area contributed by atoms with Crippen LogP contribution in [0.3, 0.4) is 0 Å². The van der Waals surface area contributed by atoms with E-state index in [0.29, 0.717) is 5.56 Å². The van der Waals surface area contributed by atoms with Crippen molar-refractivity contribution in [3.8, 4) is 11.1 Å². The molecule has 1 aromatic carbocycles. The van der Waals surface area contributed by atoms with Crippen LogP contribution in [-0.2, 0) is 16.8 Å². The third-order valence-electron chi connectivity index (χ3n) is 6.51. The summed E-state index contributed by atoms with van der Waals surface area (Å²) in [6.45, 7) is 2.01. The van der Waals surface area contributed by atoms with Gasteiger partial charge in [0.2, 0.25) is 11.9 Å². The van der Waals surface area contributed by atoms with E-state index in [1.165, 1.54) is 28.0 Å². The number of anilines is 1. The van der Waals surface area contributed by atoms with Crippen LogP contribution in [0.4, 0.5) is 10.2 Å². The second-order valence-electron chi connectivity index (χ2n) is 9.14. The molecule has 4 rings (SSSR count). The number of amidine groups is 1. The zero-order chi connectivity index (χ0) is 25.3. The molecule has 4 N–H and O–H groups in total. The zero-order valence-corrected chi connectivity index (χ0v) is 19.9. The van der Waals surface area contributed by atoms with E-state index in [4.69, 9.17) is 11.5 Å². The van der Waals surface area contributed by atoms with Crippen LogP contribution >= 0.6 is 0 Å². The molecule has 3 aromatic rings. The van der Waals surface area contributed by atoms with E-state index in [-0.39, 0.29) is 35.6 Å². The number of likely N-dealkylation sites (N-methyl/N-ethyl adjacent to an activating group) is 1. The van der Waals surface area contributed by atoms with Crippen molar-refractivity contribution in [1.29, 1.82) is 0 Å². The number of pyridine rings is 1. The Hall–Kier alpha value is -4.08. The monoisotopic (exact) mass is 477 g/mol. The summed E-state index contributed by atoms with van der Waals surface area (Å²) in [5.41, 5.74) is 14.3. The lowest BCUT2D eigenvalue weighted by Crippen LogP contribution is -2.41. The van der Waals surface area contributed by atoms with Crippen LogP contribution in [0.15, 0.2) is 53.8 Å². The molecule has 1 fully saturated rings. The number of benzene rings is 1. The lowest BCUT2D eigenvalue weighted by molar-refractivity contribution is -0.129. The molecule has 0 radical (unpaired) electrons. The third kappa shape index (κ3) is 4.91. The lowest BCUT2D eigenvalue weighted by Gasteiger charge is -2.30. The first-order valence-corrected chi connectivity index (χ1v) is 11.2. The SMILES string of the molecule is CN(C)C(=O)Cn1cc(C(=O)N=C(N)C(C)(c2ccc(-c3ccc(F)nc3N)cc2)C2CC2)cn1. The second-order valence-corrected chi connectivity index (χ2v) is 9.14.